The Labute approximate surface area is 130 Å². The number of halogens is 2. The lowest BCUT2D eigenvalue weighted by atomic mass is 9.91. The Bertz CT molecular complexity index is 483. The fourth-order valence-electron chi connectivity index (χ4n) is 2.93. The number of benzene rings is 1. The van der Waals surface area contributed by atoms with Crippen molar-refractivity contribution in [1.82, 2.24) is 0 Å². The molecule has 1 heterocycles. The molecule has 0 unspecified atom stereocenters. The highest BCUT2D eigenvalue weighted by atomic mass is 35.5. The van der Waals surface area contributed by atoms with E-state index in [1.165, 1.54) is 6.42 Å². The third-order valence-electron chi connectivity index (χ3n) is 3.56. The van der Waals surface area contributed by atoms with E-state index in [0.717, 1.165) is 24.5 Å². The van der Waals surface area contributed by atoms with Gasteiger partial charge in [-0.2, -0.15) is 0 Å². The number of amides is 1. The lowest BCUT2D eigenvalue weighted by Crippen LogP contribution is -2.39. The standard InChI is InChI=1S/C15H20Cl2N2O/c1-10-5-11(2)9-19(8-10)14-4-3-12(17)6-13(14)18-15(20)7-16/h3-4,6,10-11H,5,7-9H2,1-2H3,(H,18,20)/t10-,11-/m0/s1. The smallest absolute Gasteiger partial charge is 0.239 e. The van der Waals surface area contributed by atoms with Gasteiger partial charge in [0.05, 0.1) is 11.4 Å². The van der Waals surface area contributed by atoms with Crippen LogP contribution < -0.4 is 10.2 Å². The van der Waals surface area contributed by atoms with E-state index in [9.17, 15) is 4.79 Å². The van der Waals surface area contributed by atoms with Gasteiger partial charge in [0.1, 0.15) is 5.88 Å². The van der Waals surface area contributed by atoms with Crippen LogP contribution in [0.1, 0.15) is 20.3 Å². The Balaban J connectivity index is 2.27. The van der Waals surface area contributed by atoms with Crippen LogP contribution in [-0.2, 0) is 4.79 Å². The summed E-state index contributed by atoms with van der Waals surface area (Å²) in [5.74, 6) is 1.02. The number of anilines is 2. The van der Waals surface area contributed by atoms with Crippen molar-refractivity contribution in [2.75, 3.05) is 29.2 Å². The number of carbonyl (C=O) groups is 1. The molecule has 1 amide bonds. The number of hydrogen-bond acceptors (Lipinski definition) is 2. The van der Waals surface area contributed by atoms with Crippen molar-refractivity contribution in [3.63, 3.8) is 0 Å². The zero-order chi connectivity index (χ0) is 14.7. The molecule has 0 aromatic heterocycles. The summed E-state index contributed by atoms with van der Waals surface area (Å²) in [6.07, 6.45) is 1.24. The molecule has 1 aliphatic heterocycles. The minimum absolute atomic E-state index is 0.0568. The molecule has 1 N–H and O–H groups in total. The second-order valence-electron chi connectivity index (χ2n) is 5.69. The van der Waals surface area contributed by atoms with Gasteiger partial charge in [0, 0.05) is 18.1 Å². The van der Waals surface area contributed by atoms with Gasteiger partial charge in [-0.15, -0.1) is 11.6 Å². The minimum atomic E-state index is -0.215. The first-order valence-electron chi connectivity index (χ1n) is 6.90. The molecule has 1 aliphatic rings. The summed E-state index contributed by atoms with van der Waals surface area (Å²) in [6.45, 7) is 6.51. The number of alkyl halides is 1. The number of rotatable bonds is 3. The molecule has 3 nitrogen and oxygen atoms in total. The fourth-order valence-corrected chi connectivity index (χ4v) is 3.17. The molecule has 1 fully saturated rings. The van der Waals surface area contributed by atoms with Gasteiger partial charge in [-0.05, 0) is 36.5 Å². The number of carbonyl (C=O) groups excluding carboxylic acids is 1. The zero-order valence-electron chi connectivity index (χ0n) is 11.8. The molecule has 2 rings (SSSR count). The van der Waals surface area contributed by atoms with E-state index in [-0.39, 0.29) is 11.8 Å². The highest BCUT2D eigenvalue weighted by molar-refractivity contribution is 6.31. The molecule has 20 heavy (non-hydrogen) atoms. The van der Waals surface area contributed by atoms with Crippen LogP contribution in [0.25, 0.3) is 0 Å². The van der Waals surface area contributed by atoms with Gasteiger partial charge in [-0.3, -0.25) is 4.79 Å². The molecular formula is C15H20Cl2N2O. The summed E-state index contributed by atoms with van der Waals surface area (Å²) in [7, 11) is 0. The van der Waals surface area contributed by atoms with Gasteiger partial charge in [-0.1, -0.05) is 25.4 Å². The lowest BCUT2D eigenvalue weighted by molar-refractivity contribution is -0.113. The number of piperidine rings is 1. The molecule has 110 valence electrons. The average Bonchev–Trinajstić information content (AvgIpc) is 2.37. The number of nitrogens with one attached hydrogen (secondary N) is 1. The van der Waals surface area contributed by atoms with Crippen molar-refractivity contribution in [3.8, 4) is 0 Å². The van der Waals surface area contributed by atoms with Crippen LogP contribution >= 0.6 is 23.2 Å². The summed E-state index contributed by atoms with van der Waals surface area (Å²) in [5, 5.41) is 3.44. The summed E-state index contributed by atoms with van der Waals surface area (Å²) < 4.78 is 0. The quantitative estimate of drug-likeness (QED) is 0.855. The van der Waals surface area contributed by atoms with E-state index in [1.807, 2.05) is 12.1 Å². The number of nitrogens with zero attached hydrogens (tertiary/aromatic N) is 1. The lowest BCUT2D eigenvalue weighted by Gasteiger charge is -2.37. The molecule has 5 heteroatoms. The van der Waals surface area contributed by atoms with Crippen molar-refractivity contribution >= 4 is 40.5 Å². The van der Waals surface area contributed by atoms with Gasteiger partial charge in [0.25, 0.3) is 0 Å². The summed E-state index contributed by atoms with van der Waals surface area (Å²) in [5.41, 5.74) is 1.76. The molecule has 1 aromatic carbocycles. The van der Waals surface area contributed by atoms with Crippen LogP contribution in [0.15, 0.2) is 18.2 Å². The largest absolute Gasteiger partial charge is 0.369 e. The maximum Gasteiger partial charge on any atom is 0.239 e. The second-order valence-corrected chi connectivity index (χ2v) is 6.40. The van der Waals surface area contributed by atoms with Crippen molar-refractivity contribution in [1.29, 1.82) is 0 Å². The molecule has 0 spiro atoms. The van der Waals surface area contributed by atoms with Gasteiger partial charge in [0.15, 0.2) is 0 Å². The summed E-state index contributed by atoms with van der Waals surface area (Å²) in [6, 6.07) is 5.61. The summed E-state index contributed by atoms with van der Waals surface area (Å²) >= 11 is 11.6. The third kappa shape index (κ3) is 3.80. The van der Waals surface area contributed by atoms with Crippen LogP contribution in [0.2, 0.25) is 5.02 Å². The van der Waals surface area contributed by atoms with Crippen molar-refractivity contribution in [3.05, 3.63) is 23.2 Å². The predicted octanol–water partition coefficient (Wildman–Crippen LogP) is 4.00. The van der Waals surface area contributed by atoms with Crippen LogP contribution in [-0.4, -0.2) is 24.9 Å². The first-order chi connectivity index (χ1) is 9.49. The van der Waals surface area contributed by atoms with Crippen molar-refractivity contribution in [2.24, 2.45) is 11.8 Å². The molecule has 0 aliphatic carbocycles. The fraction of sp³-hybridized carbons (Fsp3) is 0.533. The number of hydrogen-bond donors (Lipinski definition) is 1. The predicted molar refractivity (Wildman–Crippen MR) is 86.0 cm³/mol. The van der Waals surface area contributed by atoms with E-state index in [0.29, 0.717) is 16.9 Å². The van der Waals surface area contributed by atoms with E-state index in [1.54, 1.807) is 6.07 Å². The maximum atomic E-state index is 11.6. The van der Waals surface area contributed by atoms with Crippen molar-refractivity contribution in [2.45, 2.75) is 20.3 Å². The van der Waals surface area contributed by atoms with E-state index < -0.39 is 0 Å². The van der Waals surface area contributed by atoms with E-state index in [2.05, 4.69) is 24.1 Å². The molecule has 2 atom stereocenters. The molecule has 0 saturated carbocycles. The van der Waals surface area contributed by atoms with Crippen LogP contribution in [0.3, 0.4) is 0 Å². The topological polar surface area (TPSA) is 32.3 Å². The Kier molecular flexibility index (Phi) is 5.17. The normalized spacial score (nSPS) is 22.7. The monoisotopic (exact) mass is 314 g/mol. The molecular weight excluding hydrogens is 295 g/mol. The van der Waals surface area contributed by atoms with Crippen LogP contribution in [0, 0.1) is 11.8 Å². The third-order valence-corrected chi connectivity index (χ3v) is 4.04. The Morgan fingerprint density at radius 2 is 2.00 bits per heavy atom. The van der Waals surface area contributed by atoms with E-state index >= 15 is 0 Å². The first-order valence-corrected chi connectivity index (χ1v) is 7.81. The minimum Gasteiger partial charge on any atom is -0.369 e. The molecule has 1 saturated heterocycles. The molecule has 0 radical (unpaired) electrons. The highest BCUT2D eigenvalue weighted by Gasteiger charge is 2.24. The maximum absolute atomic E-state index is 11.6. The molecule has 1 aromatic rings. The second kappa shape index (κ2) is 6.68. The zero-order valence-corrected chi connectivity index (χ0v) is 13.3. The molecule has 0 bridgehead atoms. The summed E-state index contributed by atoms with van der Waals surface area (Å²) in [4.78, 5) is 13.9. The van der Waals surface area contributed by atoms with Gasteiger partial charge in [0.2, 0.25) is 5.91 Å². The highest BCUT2D eigenvalue weighted by Crippen LogP contribution is 2.33. The van der Waals surface area contributed by atoms with Crippen molar-refractivity contribution < 1.29 is 4.79 Å². The Morgan fingerprint density at radius 1 is 1.35 bits per heavy atom. The van der Waals surface area contributed by atoms with Gasteiger partial charge in [-0.25, -0.2) is 0 Å². The van der Waals surface area contributed by atoms with Crippen LogP contribution in [0.4, 0.5) is 11.4 Å². The van der Waals surface area contributed by atoms with E-state index in [4.69, 9.17) is 23.2 Å². The first kappa shape index (κ1) is 15.5. The SMILES string of the molecule is C[C@H]1C[C@H](C)CN(c2ccc(Cl)cc2NC(=O)CCl)C1. The van der Waals surface area contributed by atoms with Gasteiger partial charge < -0.3 is 10.2 Å². The average molecular weight is 315 g/mol. The van der Waals surface area contributed by atoms with Crippen LogP contribution in [0.5, 0.6) is 0 Å². The Hall–Kier alpha value is -0.930. The Morgan fingerprint density at radius 3 is 2.60 bits per heavy atom. The van der Waals surface area contributed by atoms with Gasteiger partial charge >= 0.3 is 0 Å².